The van der Waals surface area contributed by atoms with E-state index in [2.05, 4.69) is 59.9 Å². The fraction of sp³-hybridized carbons (Fsp3) is 0.625. The molecule has 20 heavy (non-hydrogen) atoms. The Balaban J connectivity index is 2.27. The van der Waals surface area contributed by atoms with Crippen LogP contribution in [0.15, 0.2) is 22.7 Å². The van der Waals surface area contributed by atoms with Gasteiger partial charge in [-0.15, -0.1) is 0 Å². The molecule has 112 valence electrons. The molecule has 0 aromatic heterocycles. The average molecular weight is 469 g/mol. The maximum Gasteiger partial charge on any atom is 0.119 e. The van der Waals surface area contributed by atoms with Gasteiger partial charge in [0, 0.05) is 15.1 Å². The van der Waals surface area contributed by atoms with E-state index < -0.39 is 0 Å². The first-order valence-electron chi connectivity index (χ1n) is 7.09. The van der Waals surface area contributed by atoms with Crippen LogP contribution in [0.1, 0.15) is 31.2 Å². The zero-order valence-electron chi connectivity index (χ0n) is 11.8. The summed E-state index contributed by atoms with van der Waals surface area (Å²) >= 11 is 11.3. The molecule has 2 rings (SSSR count). The molecule has 1 fully saturated rings. The molecular weight excluding hydrogens is 448 g/mol. The molecule has 1 aromatic rings. The van der Waals surface area contributed by atoms with Gasteiger partial charge in [0.2, 0.25) is 0 Å². The number of benzene rings is 1. The molecule has 0 spiro atoms. The van der Waals surface area contributed by atoms with E-state index in [4.69, 9.17) is 4.74 Å². The summed E-state index contributed by atoms with van der Waals surface area (Å²) < 4.78 is 6.56. The van der Waals surface area contributed by atoms with Gasteiger partial charge in [-0.3, -0.25) is 0 Å². The van der Waals surface area contributed by atoms with Crippen molar-refractivity contribution in [1.29, 1.82) is 0 Å². The highest BCUT2D eigenvalue weighted by Gasteiger charge is 2.39. The van der Waals surface area contributed by atoms with Crippen LogP contribution in [0.3, 0.4) is 0 Å². The van der Waals surface area contributed by atoms with Crippen molar-refractivity contribution < 1.29 is 4.74 Å². The van der Waals surface area contributed by atoms with Crippen molar-refractivity contribution in [1.82, 2.24) is 0 Å². The van der Waals surface area contributed by atoms with Crippen LogP contribution >= 0.6 is 47.8 Å². The highest BCUT2D eigenvalue weighted by Crippen LogP contribution is 2.45. The second kappa shape index (κ2) is 7.64. The number of ether oxygens (including phenoxy) is 1. The molecule has 0 heterocycles. The van der Waals surface area contributed by atoms with Crippen LogP contribution in [0, 0.1) is 11.3 Å². The number of hydrogen-bond acceptors (Lipinski definition) is 1. The van der Waals surface area contributed by atoms with Crippen LogP contribution in [0.5, 0.6) is 5.75 Å². The largest absolute Gasteiger partial charge is 0.497 e. The predicted molar refractivity (Wildman–Crippen MR) is 96.4 cm³/mol. The zero-order valence-corrected chi connectivity index (χ0v) is 16.6. The van der Waals surface area contributed by atoms with Gasteiger partial charge in [0.25, 0.3) is 0 Å². The summed E-state index contributed by atoms with van der Waals surface area (Å²) in [5.74, 6) is 1.74. The van der Waals surface area contributed by atoms with Crippen LogP contribution in [-0.2, 0) is 6.42 Å². The first-order valence-corrected chi connectivity index (χ1v) is 10.1. The Morgan fingerprint density at radius 2 is 1.85 bits per heavy atom. The monoisotopic (exact) mass is 466 g/mol. The van der Waals surface area contributed by atoms with Crippen molar-refractivity contribution in [3.05, 3.63) is 28.2 Å². The molecule has 1 nitrogen and oxygen atoms in total. The van der Waals surface area contributed by atoms with Crippen LogP contribution in [0.4, 0.5) is 0 Å². The van der Waals surface area contributed by atoms with Crippen molar-refractivity contribution in [2.45, 2.75) is 32.1 Å². The summed E-state index contributed by atoms with van der Waals surface area (Å²) in [6.07, 6.45) is 6.56. The van der Waals surface area contributed by atoms with Crippen molar-refractivity contribution in [3.8, 4) is 5.75 Å². The summed E-state index contributed by atoms with van der Waals surface area (Å²) in [6.45, 7) is 0. The molecule has 0 radical (unpaired) electrons. The smallest absolute Gasteiger partial charge is 0.119 e. The summed E-state index contributed by atoms with van der Waals surface area (Å²) in [5.41, 5.74) is 1.64. The van der Waals surface area contributed by atoms with E-state index in [-0.39, 0.29) is 0 Å². The van der Waals surface area contributed by atoms with Crippen LogP contribution in [0.2, 0.25) is 0 Å². The van der Waals surface area contributed by atoms with Gasteiger partial charge in [0.15, 0.2) is 0 Å². The number of halogens is 3. The lowest BCUT2D eigenvalue weighted by Gasteiger charge is -2.37. The van der Waals surface area contributed by atoms with Gasteiger partial charge < -0.3 is 4.74 Å². The third kappa shape index (κ3) is 3.61. The maximum atomic E-state index is 5.37. The Bertz CT molecular complexity index is 437. The molecule has 1 aromatic carbocycles. The number of methoxy groups -OCH3 is 1. The molecule has 0 unspecified atom stereocenters. The standard InChI is InChI=1S/C16H21Br3O/c1-20-14-6-7-15(19)12(8-14)9-16(10-17,11-18)13-4-2-3-5-13/h6-8,13H,2-5,9-11H2,1H3. The minimum absolute atomic E-state index is 0.297. The summed E-state index contributed by atoms with van der Waals surface area (Å²) in [5, 5.41) is 2.08. The summed E-state index contributed by atoms with van der Waals surface area (Å²) in [4.78, 5) is 0. The van der Waals surface area contributed by atoms with E-state index in [0.717, 1.165) is 28.7 Å². The maximum absolute atomic E-state index is 5.37. The van der Waals surface area contributed by atoms with Gasteiger partial charge in [-0.2, -0.15) is 0 Å². The van der Waals surface area contributed by atoms with Gasteiger partial charge in [-0.1, -0.05) is 60.6 Å². The zero-order chi connectivity index (χ0) is 14.6. The van der Waals surface area contributed by atoms with E-state index in [9.17, 15) is 0 Å². The molecule has 0 saturated heterocycles. The summed E-state index contributed by atoms with van der Waals surface area (Å²) in [6, 6.07) is 6.27. The van der Waals surface area contributed by atoms with Crippen LogP contribution < -0.4 is 4.74 Å². The number of alkyl halides is 2. The average Bonchev–Trinajstić information content (AvgIpc) is 3.01. The number of hydrogen-bond donors (Lipinski definition) is 0. The van der Waals surface area contributed by atoms with Crippen molar-refractivity contribution in [2.24, 2.45) is 11.3 Å². The number of rotatable bonds is 6. The predicted octanol–water partition coefficient (Wildman–Crippen LogP) is 5.97. The Kier molecular flexibility index (Phi) is 6.43. The van der Waals surface area contributed by atoms with Gasteiger partial charge in [-0.25, -0.2) is 0 Å². The summed E-state index contributed by atoms with van der Waals surface area (Å²) in [7, 11) is 1.73. The van der Waals surface area contributed by atoms with Gasteiger partial charge in [0.1, 0.15) is 5.75 Å². The molecule has 0 aliphatic heterocycles. The Labute approximate surface area is 147 Å². The SMILES string of the molecule is COc1ccc(Br)c(CC(CBr)(CBr)C2CCCC2)c1. The third-order valence-electron chi connectivity index (χ3n) is 4.55. The highest BCUT2D eigenvalue weighted by atomic mass is 79.9. The minimum Gasteiger partial charge on any atom is -0.497 e. The van der Waals surface area contributed by atoms with Crippen LogP contribution in [-0.4, -0.2) is 17.8 Å². The topological polar surface area (TPSA) is 9.23 Å². The quantitative estimate of drug-likeness (QED) is 0.467. The molecule has 1 aliphatic carbocycles. The van der Waals surface area contributed by atoms with E-state index >= 15 is 0 Å². The van der Waals surface area contributed by atoms with Crippen molar-refractivity contribution in [2.75, 3.05) is 17.8 Å². The molecule has 0 amide bonds. The fourth-order valence-corrected chi connectivity index (χ4v) is 5.85. The molecule has 0 atom stereocenters. The van der Waals surface area contributed by atoms with Gasteiger partial charge in [-0.05, 0) is 54.4 Å². The molecule has 0 N–H and O–H groups in total. The molecule has 1 aliphatic rings. The Hall–Kier alpha value is 0.460. The Morgan fingerprint density at radius 3 is 2.40 bits per heavy atom. The van der Waals surface area contributed by atoms with Gasteiger partial charge >= 0.3 is 0 Å². The lowest BCUT2D eigenvalue weighted by Crippen LogP contribution is -2.35. The molecule has 4 heteroatoms. The van der Waals surface area contributed by atoms with E-state index in [1.165, 1.54) is 35.7 Å². The van der Waals surface area contributed by atoms with Crippen molar-refractivity contribution in [3.63, 3.8) is 0 Å². The molecule has 0 bridgehead atoms. The lowest BCUT2D eigenvalue weighted by atomic mass is 9.73. The van der Waals surface area contributed by atoms with Crippen LogP contribution in [0.25, 0.3) is 0 Å². The highest BCUT2D eigenvalue weighted by molar-refractivity contribution is 9.10. The Morgan fingerprint density at radius 1 is 1.20 bits per heavy atom. The van der Waals surface area contributed by atoms with E-state index in [0.29, 0.717) is 5.41 Å². The molecule has 1 saturated carbocycles. The normalized spacial score (nSPS) is 16.6. The minimum atomic E-state index is 0.297. The lowest BCUT2D eigenvalue weighted by molar-refractivity contribution is 0.232. The second-order valence-electron chi connectivity index (χ2n) is 5.75. The van der Waals surface area contributed by atoms with Gasteiger partial charge in [0.05, 0.1) is 7.11 Å². The van der Waals surface area contributed by atoms with E-state index in [1.54, 1.807) is 7.11 Å². The van der Waals surface area contributed by atoms with E-state index in [1.807, 2.05) is 6.07 Å². The molecular formula is C16H21Br3O. The fourth-order valence-electron chi connectivity index (χ4n) is 3.22. The third-order valence-corrected chi connectivity index (χ3v) is 7.56. The van der Waals surface area contributed by atoms with Crippen molar-refractivity contribution >= 4 is 47.8 Å². The first kappa shape index (κ1) is 16.8. The second-order valence-corrected chi connectivity index (χ2v) is 7.72. The first-order chi connectivity index (χ1) is 9.65.